The van der Waals surface area contributed by atoms with Crippen molar-refractivity contribution in [3.8, 4) is 0 Å². The maximum atomic E-state index is 12.7. The first-order valence-electron chi connectivity index (χ1n) is 9.34. The Morgan fingerprint density at radius 2 is 1.97 bits per heavy atom. The van der Waals surface area contributed by atoms with Crippen molar-refractivity contribution in [1.29, 1.82) is 0 Å². The number of thioether (sulfide) groups is 1. The van der Waals surface area contributed by atoms with Crippen LogP contribution in [0.25, 0.3) is 0 Å². The molecule has 160 valence electrons. The molecular formula is C20H21F3N4O2S. The lowest BCUT2D eigenvalue weighted by atomic mass is 9.97. The number of rotatable bonds is 6. The van der Waals surface area contributed by atoms with Gasteiger partial charge in [-0.15, -0.1) is 0 Å². The van der Waals surface area contributed by atoms with Gasteiger partial charge in [-0.2, -0.15) is 13.2 Å². The SMILES string of the molecule is NC(=O)C1CCCN(Cc2ccc(NC(=O)c3cccnc3SC(F)(F)F)cc2)C1. The highest BCUT2D eigenvalue weighted by atomic mass is 32.2. The van der Waals surface area contributed by atoms with Crippen molar-refractivity contribution in [2.24, 2.45) is 11.7 Å². The Hall–Kier alpha value is -2.59. The Labute approximate surface area is 176 Å². The molecule has 0 bridgehead atoms. The summed E-state index contributed by atoms with van der Waals surface area (Å²) in [5, 5.41) is 2.21. The zero-order valence-electron chi connectivity index (χ0n) is 16.0. The van der Waals surface area contributed by atoms with Crippen LogP contribution in [0.3, 0.4) is 0 Å². The third-order valence-corrected chi connectivity index (χ3v) is 5.50. The topological polar surface area (TPSA) is 88.3 Å². The third-order valence-electron chi connectivity index (χ3n) is 4.75. The number of pyridine rings is 1. The van der Waals surface area contributed by atoms with Crippen LogP contribution in [0.4, 0.5) is 18.9 Å². The molecule has 6 nitrogen and oxygen atoms in total. The Bertz CT molecular complexity index is 906. The number of anilines is 1. The van der Waals surface area contributed by atoms with E-state index < -0.39 is 28.2 Å². The number of aromatic nitrogens is 1. The molecule has 2 heterocycles. The van der Waals surface area contributed by atoms with Gasteiger partial charge in [-0.3, -0.25) is 14.5 Å². The molecule has 3 N–H and O–H groups in total. The Kier molecular flexibility index (Phi) is 6.99. The van der Waals surface area contributed by atoms with Crippen molar-refractivity contribution in [2.75, 3.05) is 18.4 Å². The van der Waals surface area contributed by atoms with E-state index in [1.54, 1.807) is 12.1 Å². The quantitative estimate of drug-likeness (QED) is 0.673. The molecule has 1 aliphatic rings. The molecule has 1 fully saturated rings. The first-order chi connectivity index (χ1) is 14.2. The average molecular weight is 438 g/mol. The molecule has 1 unspecified atom stereocenters. The van der Waals surface area contributed by atoms with Crippen LogP contribution in [0.15, 0.2) is 47.6 Å². The van der Waals surface area contributed by atoms with Gasteiger partial charge in [0.15, 0.2) is 0 Å². The van der Waals surface area contributed by atoms with E-state index in [4.69, 9.17) is 5.73 Å². The Balaban J connectivity index is 1.62. The van der Waals surface area contributed by atoms with Gasteiger partial charge < -0.3 is 11.1 Å². The van der Waals surface area contributed by atoms with Crippen molar-refractivity contribution >= 4 is 29.3 Å². The van der Waals surface area contributed by atoms with Gasteiger partial charge in [-0.05, 0) is 49.2 Å². The van der Waals surface area contributed by atoms with Gasteiger partial charge in [-0.25, -0.2) is 4.98 Å². The fourth-order valence-electron chi connectivity index (χ4n) is 3.34. The Morgan fingerprint density at radius 1 is 1.23 bits per heavy atom. The summed E-state index contributed by atoms with van der Waals surface area (Å²) in [7, 11) is 0. The highest BCUT2D eigenvalue weighted by Crippen LogP contribution is 2.37. The van der Waals surface area contributed by atoms with Crippen molar-refractivity contribution < 1.29 is 22.8 Å². The molecule has 0 radical (unpaired) electrons. The lowest BCUT2D eigenvalue weighted by Crippen LogP contribution is -2.40. The number of nitrogens with zero attached hydrogens (tertiary/aromatic N) is 2. The molecule has 0 saturated carbocycles. The van der Waals surface area contributed by atoms with Crippen LogP contribution in [0.2, 0.25) is 0 Å². The summed E-state index contributed by atoms with van der Waals surface area (Å²) >= 11 is -0.420. The van der Waals surface area contributed by atoms with E-state index >= 15 is 0 Å². The molecule has 0 spiro atoms. The van der Waals surface area contributed by atoms with Crippen LogP contribution >= 0.6 is 11.8 Å². The van der Waals surface area contributed by atoms with Crippen LogP contribution in [-0.2, 0) is 11.3 Å². The number of carbonyl (C=O) groups is 2. The first-order valence-corrected chi connectivity index (χ1v) is 10.2. The minimum atomic E-state index is -4.53. The summed E-state index contributed by atoms with van der Waals surface area (Å²) in [4.78, 5) is 29.7. The standard InChI is InChI=1S/C20H21F3N4O2S/c21-20(22,23)30-19-16(4-1-9-25-19)18(29)26-15-7-5-13(6-8-15)11-27-10-2-3-14(12-27)17(24)28/h1,4-9,14H,2-3,10-12H2,(H2,24,28)(H,26,29). The van der Waals surface area contributed by atoms with Crippen LogP contribution in [0.1, 0.15) is 28.8 Å². The Morgan fingerprint density at radius 3 is 2.63 bits per heavy atom. The van der Waals surface area contributed by atoms with E-state index in [-0.39, 0.29) is 17.4 Å². The molecule has 30 heavy (non-hydrogen) atoms. The lowest BCUT2D eigenvalue weighted by molar-refractivity contribution is -0.123. The van der Waals surface area contributed by atoms with E-state index in [0.29, 0.717) is 18.8 Å². The fraction of sp³-hybridized carbons (Fsp3) is 0.350. The number of likely N-dealkylation sites (tertiary alicyclic amines) is 1. The first kappa shape index (κ1) is 22.1. The maximum Gasteiger partial charge on any atom is 0.447 e. The number of benzene rings is 1. The van der Waals surface area contributed by atoms with Gasteiger partial charge in [0.05, 0.1) is 11.5 Å². The number of alkyl halides is 3. The zero-order chi connectivity index (χ0) is 21.7. The van der Waals surface area contributed by atoms with Gasteiger partial charge in [0, 0.05) is 36.7 Å². The number of carbonyl (C=O) groups excluding carboxylic acids is 2. The minimum Gasteiger partial charge on any atom is -0.369 e. The maximum absolute atomic E-state index is 12.7. The fourth-order valence-corrected chi connectivity index (χ4v) is 3.94. The molecule has 3 rings (SSSR count). The molecule has 1 saturated heterocycles. The normalized spacial score (nSPS) is 17.5. The van der Waals surface area contributed by atoms with E-state index in [1.165, 1.54) is 18.3 Å². The number of primary amides is 1. The molecule has 0 aliphatic carbocycles. The van der Waals surface area contributed by atoms with Gasteiger partial charge in [0.1, 0.15) is 5.03 Å². The summed E-state index contributed by atoms with van der Waals surface area (Å²) in [5.41, 5.74) is 2.18. The minimum absolute atomic E-state index is 0.138. The summed E-state index contributed by atoms with van der Waals surface area (Å²) < 4.78 is 38.0. The number of hydrogen-bond donors (Lipinski definition) is 2. The second-order valence-electron chi connectivity index (χ2n) is 7.03. The summed E-state index contributed by atoms with van der Waals surface area (Å²) in [6.07, 6.45) is 2.92. The number of amides is 2. The molecular weight excluding hydrogens is 417 g/mol. The van der Waals surface area contributed by atoms with Crippen LogP contribution in [0, 0.1) is 5.92 Å². The van der Waals surface area contributed by atoms with E-state index in [2.05, 4.69) is 15.2 Å². The van der Waals surface area contributed by atoms with Crippen molar-refractivity contribution in [3.63, 3.8) is 0 Å². The number of piperidine rings is 1. The second-order valence-corrected chi connectivity index (χ2v) is 8.09. The molecule has 2 aromatic rings. The monoisotopic (exact) mass is 438 g/mol. The van der Waals surface area contributed by atoms with Gasteiger partial charge in [-0.1, -0.05) is 12.1 Å². The molecule has 1 atom stereocenters. The molecule has 1 aromatic heterocycles. The average Bonchev–Trinajstić information content (AvgIpc) is 2.69. The predicted octanol–water partition coefficient (Wildman–Crippen LogP) is 3.64. The number of halogens is 3. The van der Waals surface area contributed by atoms with E-state index in [9.17, 15) is 22.8 Å². The van der Waals surface area contributed by atoms with Crippen molar-refractivity contribution in [1.82, 2.24) is 9.88 Å². The summed E-state index contributed by atoms with van der Waals surface area (Å²) in [6, 6.07) is 9.76. The van der Waals surface area contributed by atoms with Gasteiger partial charge in [0.2, 0.25) is 5.91 Å². The van der Waals surface area contributed by atoms with Gasteiger partial charge in [0.25, 0.3) is 5.91 Å². The second kappa shape index (κ2) is 9.48. The largest absolute Gasteiger partial charge is 0.447 e. The smallest absolute Gasteiger partial charge is 0.369 e. The van der Waals surface area contributed by atoms with Crippen LogP contribution < -0.4 is 11.1 Å². The molecule has 1 aliphatic heterocycles. The van der Waals surface area contributed by atoms with Crippen LogP contribution in [0.5, 0.6) is 0 Å². The van der Waals surface area contributed by atoms with Crippen LogP contribution in [-0.4, -0.2) is 40.3 Å². The van der Waals surface area contributed by atoms with Crippen molar-refractivity contribution in [3.05, 3.63) is 53.7 Å². The molecule has 10 heteroatoms. The molecule has 1 aromatic carbocycles. The van der Waals surface area contributed by atoms with Crippen molar-refractivity contribution in [2.45, 2.75) is 29.9 Å². The number of hydrogen-bond acceptors (Lipinski definition) is 5. The lowest BCUT2D eigenvalue weighted by Gasteiger charge is -2.31. The number of nitrogens with two attached hydrogens (primary N) is 1. The zero-order valence-corrected chi connectivity index (χ0v) is 16.8. The highest BCUT2D eigenvalue weighted by molar-refractivity contribution is 8.00. The summed E-state index contributed by atoms with van der Waals surface area (Å²) in [5.74, 6) is -1.08. The third kappa shape index (κ3) is 6.20. The van der Waals surface area contributed by atoms with E-state index in [1.807, 2.05) is 12.1 Å². The van der Waals surface area contributed by atoms with Gasteiger partial charge >= 0.3 is 5.51 Å². The summed E-state index contributed by atoms with van der Waals surface area (Å²) in [6.45, 7) is 2.14. The number of nitrogens with one attached hydrogen (secondary N) is 1. The molecule has 2 amide bonds. The van der Waals surface area contributed by atoms with E-state index in [0.717, 1.165) is 24.9 Å². The highest BCUT2D eigenvalue weighted by Gasteiger charge is 2.32. The predicted molar refractivity (Wildman–Crippen MR) is 108 cm³/mol.